The molecular formula is C15H10BrClN2O2S. The maximum Gasteiger partial charge on any atom is 0.261 e. The summed E-state index contributed by atoms with van der Waals surface area (Å²) in [7, 11) is 1.53. The van der Waals surface area contributed by atoms with Gasteiger partial charge in [-0.2, -0.15) is 0 Å². The highest BCUT2D eigenvalue weighted by Gasteiger charge is 2.15. The average molecular weight is 398 g/mol. The molecular weight excluding hydrogens is 388 g/mol. The summed E-state index contributed by atoms with van der Waals surface area (Å²) in [4.78, 5) is 16.8. The van der Waals surface area contributed by atoms with Gasteiger partial charge in [-0.3, -0.25) is 10.1 Å². The van der Waals surface area contributed by atoms with Crippen LogP contribution in [0.1, 0.15) is 10.4 Å². The minimum absolute atomic E-state index is 0.275. The number of benzene rings is 2. The van der Waals surface area contributed by atoms with E-state index in [2.05, 4.69) is 26.2 Å². The molecule has 4 nitrogen and oxygen atoms in total. The molecule has 2 aromatic carbocycles. The van der Waals surface area contributed by atoms with Crippen molar-refractivity contribution in [1.29, 1.82) is 0 Å². The molecule has 1 N–H and O–H groups in total. The van der Waals surface area contributed by atoms with Crippen molar-refractivity contribution in [3.8, 4) is 5.75 Å². The zero-order chi connectivity index (χ0) is 15.7. The van der Waals surface area contributed by atoms with Gasteiger partial charge in [-0.15, -0.1) is 0 Å². The lowest BCUT2D eigenvalue weighted by atomic mass is 10.2. The third kappa shape index (κ3) is 3.09. The zero-order valence-corrected chi connectivity index (χ0v) is 14.6. The van der Waals surface area contributed by atoms with E-state index < -0.39 is 0 Å². The van der Waals surface area contributed by atoms with Crippen LogP contribution in [0.15, 0.2) is 40.9 Å². The van der Waals surface area contributed by atoms with Gasteiger partial charge < -0.3 is 4.74 Å². The maximum atomic E-state index is 12.4. The van der Waals surface area contributed by atoms with Gasteiger partial charge in [0.05, 0.1) is 22.9 Å². The Hall–Kier alpha value is -1.63. The lowest BCUT2D eigenvalue weighted by molar-refractivity contribution is 0.102. The molecule has 0 bridgehead atoms. The van der Waals surface area contributed by atoms with E-state index in [-0.39, 0.29) is 5.91 Å². The third-order valence-electron chi connectivity index (χ3n) is 2.98. The summed E-state index contributed by atoms with van der Waals surface area (Å²) in [5.74, 6) is 0.230. The van der Waals surface area contributed by atoms with E-state index in [4.69, 9.17) is 16.3 Å². The second-order valence-electron chi connectivity index (χ2n) is 4.43. The highest BCUT2D eigenvalue weighted by atomic mass is 79.9. The molecule has 0 aliphatic carbocycles. The molecule has 3 rings (SSSR count). The van der Waals surface area contributed by atoms with Gasteiger partial charge in [0, 0.05) is 9.50 Å². The monoisotopic (exact) mass is 396 g/mol. The topological polar surface area (TPSA) is 51.2 Å². The molecule has 0 radical (unpaired) electrons. The first kappa shape index (κ1) is 15.3. The summed E-state index contributed by atoms with van der Waals surface area (Å²) in [6.07, 6.45) is 0. The summed E-state index contributed by atoms with van der Waals surface area (Å²) < 4.78 is 6.94. The summed E-state index contributed by atoms with van der Waals surface area (Å²) in [5, 5.41) is 3.95. The number of hydrogen-bond donors (Lipinski definition) is 1. The number of fused-ring (bicyclic) bond motifs is 1. The van der Waals surface area contributed by atoms with E-state index in [0.717, 1.165) is 14.7 Å². The molecule has 22 heavy (non-hydrogen) atoms. The molecule has 1 heterocycles. The Morgan fingerprint density at radius 2 is 2.14 bits per heavy atom. The maximum absolute atomic E-state index is 12.4. The lowest BCUT2D eigenvalue weighted by Gasteiger charge is -2.08. The Balaban J connectivity index is 1.91. The minimum Gasteiger partial charge on any atom is -0.496 e. The Labute approximate surface area is 144 Å². The highest BCUT2D eigenvalue weighted by molar-refractivity contribution is 9.10. The number of halogens is 2. The Kier molecular flexibility index (Phi) is 4.33. The standard InChI is InChI=1S/C15H10BrClN2O2S/c1-21-12-5-2-8(16)6-10(12)14(20)19-15-18-11-4-3-9(17)7-13(11)22-15/h2-7H,1H3,(H,18,19,20). The number of anilines is 1. The molecule has 1 aromatic heterocycles. The number of rotatable bonds is 3. The van der Waals surface area contributed by atoms with Crippen molar-refractivity contribution in [1.82, 2.24) is 4.98 Å². The summed E-state index contributed by atoms with van der Waals surface area (Å²) in [6, 6.07) is 10.7. The molecule has 1 amide bonds. The normalized spacial score (nSPS) is 10.7. The van der Waals surface area contributed by atoms with Crippen molar-refractivity contribution in [2.24, 2.45) is 0 Å². The van der Waals surface area contributed by atoms with E-state index in [1.54, 1.807) is 18.2 Å². The van der Waals surface area contributed by atoms with Crippen LogP contribution in [0.25, 0.3) is 10.2 Å². The molecule has 0 spiro atoms. The van der Waals surface area contributed by atoms with Gasteiger partial charge in [0.15, 0.2) is 5.13 Å². The van der Waals surface area contributed by atoms with Gasteiger partial charge in [-0.05, 0) is 36.4 Å². The number of nitrogens with zero attached hydrogens (tertiary/aromatic N) is 1. The van der Waals surface area contributed by atoms with Gasteiger partial charge in [0.1, 0.15) is 5.75 Å². The van der Waals surface area contributed by atoms with Crippen LogP contribution in [0.5, 0.6) is 5.75 Å². The number of carbonyl (C=O) groups is 1. The van der Waals surface area contributed by atoms with Crippen LogP contribution < -0.4 is 10.1 Å². The fraction of sp³-hybridized carbons (Fsp3) is 0.0667. The SMILES string of the molecule is COc1ccc(Br)cc1C(=O)Nc1nc2ccc(Cl)cc2s1. The van der Waals surface area contributed by atoms with E-state index in [9.17, 15) is 4.79 Å². The van der Waals surface area contributed by atoms with Gasteiger partial charge in [-0.25, -0.2) is 4.98 Å². The number of aromatic nitrogens is 1. The number of ether oxygens (including phenoxy) is 1. The Morgan fingerprint density at radius 1 is 1.32 bits per heavy atom. The first-order valence-electron chi connectivity index (χ1n) is 6.28. The number of amides is 1. The molecule has 0 fully saturated rings. The molecule has 3 aromatic rings. The average Bonchev–Trinajstić information content (AvgIpc) is 2.88. The van der Waals surface area contributed by atoms with Crippen LogP contribution in [-0.2, 0) is 0 Å². The van der Waals surface area contributed by atoms with Gasteiger partial charge in [-0.1, -0.05) is 38.9 Å². The van der Waals surface area contributed by atoms with E-state index >= 15 is 0 Å². The first-order valence-corrected chi connectivity index (χ1v) is 8.26. The molecule has 0 saturated carbocycles. The quantitative estimate of drug-likeness (QED) is 0.678. The van der Waals surface area contributed by atoms with Gasteiger partial charge in [0.25, 0.3) is 5.91 Å². The second-order valence-corrected chi connectivity index (χ2v) is 6.81. The van der Waals surface area contributed by atoms with E-state index in [1.807, 2.05) is 18.2 Å². The van der Waals surface area contributed by atoms with Gasteiger partial charge >= 0.3 is 0 Å². The Bertz CT molecular complexity index is 866. The molecule has 0 aliphatic rings. The predicted molar refractivity (Wildman–Crippen MR) is 93.3 cm³/mol. The summed E-state index contributed by atoms with van der Waals surface area (Å²) in [5.41, 5.74) is 1.24. The predicted octanol–water partition coefficient (Wildman–Crippen LogP) is 4.97. The smallest absolute Gasteiger partial charge is 0.261 e. The van der Waals surface area contributed by atoms with Crippen molar-refractivity contribution >= 4 is 60.1 Å². The molecule has 0 aliphatic heterocycles. The number of carbonyl (C=O) groups excluding carboxylic acids is 1. The van der Waals surface area contributed by atoms with Crippen LogP contribution in [0.2, 0.25) is 5.02 Å². The molecule has 0 unspecified atom stereocenters. The minimum atomic E-state index is -0.275. The Morgan fingerprint density at radius 3 is 2.91 bits per heavy atom. The number of hydrogen-bond acceptors (Lipinski definition) is 4. The molecule has 0 saturated heterocycles. The van der Waals surface area contributed by atoms with Crippen LogP contribution in [-0.4, -0.2) is 18.0 Å². The summed E-state index contributed by atoms with van der Waals surface area (Å²) >= 11 is 10.7. The first-order chi connectivity index (χ1) is 10.6. The van der Waals surface area contributed by atoms with E-state index in [1.165, 1.54) is 18.4 Å². The largest absolute Gasteiger partial charge is 0.496 e. The van der Waals surface area contributed by atoms with Crippen LogP contribution >= 0.6 is 38.9 Å². The number of nitrogens with one attached hydrogen (secondary N) is 1. The van der Waals surface area contributed by atoms with Crippen molar-refractivity contribution < 1.29 is 9.53 Å². The van der Waals surface area contributed by atoms with Crippen molar-refractivity contribution in [3.05, 3.63) is 51.5 Å². The molecule has 7 heteroatoms. The van der Waals surface area contributed by atoms with E-state index in [0.29, 0.717) is 21.5 Å². The highest BCUT2D eigenvalue weighted by Crippen LogP contribution is 2.29. The van der Waals surface area contributed by atoms with Crippen LogP contribution in [0, 0.1) is 0 Å². The summed E-state index contributed by atoms with van der Waals surface area (Å²) in [6.45, 7) is 0. The second kappa shape index (κ2) is 6.24. The number of thiazole rings is 1. The van der Waals surface area contributed by atoms with Gasteiger partial charge in [0.2, 0.25) is 0 Å². The fourth-order valence-electron chi connectivity index (χ4n) is 1.97. The fourth-order valence-corrected chi connectivity index (χ4v) is 3.47. The molecule has 0 atom stereocenters. The third-order valence-corrected chi connectivity index (χ3v) is 4.64. The zero-order valence-electron chi connectivity index (χ0n) is 11.4. The van der Waals surface area contributed by atoms with Crippen molar-refractivity contribution in [2.75, 3.05) is 12.4 Å². The van der Waals surface area contributed by atoms with Crippen molar-refractivity contribution in [3.63, 3.8) is 0 Å². The molecule has 112 valence electrons. The van der Waals surface area contributed by atoms with Crippen LogP contribution in [0.4, 0.5) is 5.13 Å². The lowest BCUT2D eigenvalue weighted by Crippen LogP contribution is -2.13. The van der Waals surface area contributed by atoms with Crippen LogP contribution in [0.3, 0.4) is 0 Å². The van der Waals surface area contributed by atoms with Crippen molar-refractivity contribution in [2.45, 2.75) is 0 Å². The number of methoxy groups -OCH3 is 1.